The molecule has 1 unspecified atom stereocenters. The lowest BCUT2D eigenvalue weighted by Crippen LogP contribution is -2.46. The van der Waals surface area contributed by atoms with Crippen molar-refractivity contribution in [3.8, 4) is 17.1 Å². The number of anilines is 1. The van der Waals surface area contributed by atoms with E-state index in [9.17, 15) is 9.59 Å². The van der Waals surface area contributed by atoms with E-state index in [1.165, 1.54) is 19.7 Å². The zero-order valence-corrected chi connectivity index (χ0v) is 18.8. The number of aromatic nitrogens is 1. The molecule has 0 aliphatic heterocycles. The second-order valence-corrected chi connectivity index (χ2v) is 8.57. The topological polar surface area (TPSA) is 103 Å². The second kappa shape index (κ2) is 9.84. The van der Waals surface area contributed by atoms with Gasteiger partial charge in [-0.2, -0.15) is 0 Å². The number of rotatable bonds is 7. The molecule has 0 saturated heterocycles. The van der Waals surface area contributed by atoms with Crippen molar-refractivity contribution in [2.24, 2.45) is 5.92 Å². The Balaban J connectivity index is 2.23. The third-order valence-corrected chi connectivity index (χ3v) is 4.35. The molecule has 0 bridgehead atoms. The fourth-order valence-corrected chi connectivity index (χ4v) is 3.06. The number of hydrogen-bond acceptors (Lipinski definition) is 6. The number of amides is 2. The maximum atomic E-state index is 12.9. The average molecular weight is 438 g/mol. The molecule has 9 heteroatoms. The summed E-state index contributed by atoms with van der Waals surface area (Å²) < 4.78 is 16.0. The Morgan fingerprint density at radius 1 is 1.27 bits per heavy atom. The molecule has 0 radical (unpaired) electrons. The van der Waals surface area contributed by atoms with Crippen molar-refractivity contribution in [1.29, 1.82) is 0 Å². The van der Waals surface area contributed by atoms with Crippen LogP contribution in [0.15, 0.2) is 29.1 Å². The van der Waals surface area contributed by atoms with Gasteiger partial charge in [-0.3, -0.25) is 4.79 Å². The number of ether oxygens (including phenoxy) is 2. The number of nitrogens with zero attached hydrogens (tertiary/aromatic N) is 1. The summed E-state index contributed by atoms with van der Waals surface area (Å²) in [7, 11) is 1.47. The van der Waals surface area contributed by atoms with Crippen LogP contribution in [0.25, 0.3) is 11.3 Å². The van der Waals surface area contributed by atoms with Gasteiger partial charge in [0.25, 0.3) is 0 Å². The number of halogens is 1. The van der Waals surface area contributed by atoms with Crippen molar-refractivity contribution in [3.05, 3.63) is 29.7 Å². The molecule has 0 spiro atoms. The first-order chi connectivity index (χ1) is 14.0. The van der Waals surface area contributed by atoms with Gasteiger partial charge >= 0.3 is 6.09 Å². The Morgan fingerprint density at radius 3 is 2.50 bits per heavy atom. The highest BCUT2D eigenvalue weighted by molar-refractivity contribution is 6.35. The zero-order valence-electron chi connectivity index (χ0n) is 18.0. The van der Waals surface area contributed by atoms with Crippen LogP contribution in [-0.4, -0.2) is 35.7 Å². The van der Waals surface area contributed by atoms with E-state index in [-0.39, 0.29) is 10.9 Å². The van der Waals surface area contributed by atoms with Crippen LogP contribution < -0.4 is 15.4 Å². The monoisotopic (exact) mass is 437 g/mol. The molecule has 30 heavy (non-hydrogen) atoms. The number of carbonyl (C=O) groups is 2. The lowest BCUT2D eigenvalue weighted by atomic mass is 10.0. The van der Waals surface area contributed by atoms with Crippen molar-refractivity contribution < 1.29 is 23.5 Å². The van der Waals surface area contributed by atoms with Crippen molar-refractivity contribution >= 4 is 29.3 Å². The van der Waals surface area contributed by atoms with Crippen LogP contribution in [0, 0.1) is 5.92 Å². The first kappa shape index (κ1) is 23.5. The van der Waals surface area contributed by atoms with E-state index in [2.05, 4.69) is 15.6 Å². The first-order valence-electron chi connectivity index (χ1n) is 9.57. The number of methoxy groups -OCH3 is 1. The Labute approximate surface area is 181 Å². The van der Waals surface area contributed by atoms with Crippen molar-refractivity contribution in [2.75, 3.05) is 12.4 Å². The predicted octanol–water partition coefficient (Wildman–Crippen LogP) is 4.88. The number of benzene rings is 1. The molecule has 1 heterocycles. The average Bonchev–Trinajstić information content (AvgIpc) is 3.15. The fraction of sp³-hybridized carbons (Fsp3) is 0.476. The third kappa shape index (κ3) is 6.38. The molecule has 164 valence electrons. The van der Waals surface area contributed by atoms with Gasteiger partial charge < -0.3 is 24.5 Å². The Bertz CT molecular complexity index is 876. The highest BCUT2D eigenvalue weighted by atomic mass is 35.5. The lowest BCUT2D eigenvalue weighted by molar-refractivity contribution is -0.118. The molecule has 2 aromatic rings. The quantitative estimate of drug-likeness (QED) is 0.639. The van der Waals surface area contributed by atoms with Gasteiger partial charge in [0.15, 0.2) is 17.9 Å². The van der Waals surface area contributed by atoms with Crippen LogP contribution >= 0.6 is 11.6 Å². The number of nitrogens with one attached hydrogen (secondary N) is 2. The molecule has 0 saturated carbocycles. The molecule has 0 aliphatic carbocycles. The molecular weight excluding hydrogens is 410 g/mol. The summed E-state index contributed by atoms with van der Waals surface area (Å²) in [4.78, 5) is 29.0. The number of carbonyl (C=O) groups excluding carboxylic acids is 2. The van der Waals surface area contributed by atoms with Crippen LogP contribution in [0.5, 0.6) is 5.75 Å². The zero-order chi connectivity index (χ0) is 22.5. The molecule has 0 aliphatic rings. The van der Waals surface area contributed by atoms with Crippen LogP contribution in [0.3, 0.4) is 0 Å². The van der Waals surface area contributed by atoms with Crippen molar-refractivity contribution in [1.82, 2.24) is 10.3 Å². The summed E-state index contributed by atoms with van der Waals surface area (Å²) in [6, 6.07) is 2.55. The Morgan fingerprint density at radius 2 is 1.97 bits per heavy atom. The summed E-state index contributed by atoms with van der Waals surface area (Å²) >= 11 is 6.46. The maximum absolute atomic E-state index is 12.9. The van der Waals surface area contributed by atoms with E-state index in [0.29, 0.717) is 29.2 Å². The summed E-state index contributed by atoms with van der Waals surface area (Å²) in [6.07, 6.45) is 2.61. The molecule has 8 nitrogen and oxygen atoms in total. The summed E-state index contributed by atoms with van der Waals surface area (Å²) in [5.74, 6) is 0.572. The third-order valence-electron chi connectivity index (χ3n) is 3.97. The number of oxazole rings is 1. The van der Waals surface area contributed by atoms with Crippen molar-refractivity contribution in [3.63, 3.8) is 0 Å². The molecule has 2 N–H and O–H groups in total. The summed E-state index contributed by atoms with van der Waals surface area (Å²) in [6.45, 7) is 9.18. The van der Waals surface area contributed by atoms with Gasteiger partial charge in [-0.1, -0.05) is 25.4 Å². The predicted molar refractivity (Wildman–Crippen MR) is 115 cm³/mol. The van der Waals surface area contributed by atoms with Gasteiger partial charge in [0.2, 0.25) is 5.91 Å². The molecular formula is C21H28ClN3O5. The first-order valence-corrected chi connectivity index (χ1v) is 9.95. The van der Waals surface area contributed by atoms with E-state index in [0.717, 1.165) is 0 Å². The number of alkyl carbamates (subject to hydrolysis) is 1. The Hall–Kier alpha value is -2.74. The lowest BCUT2D eigenvalue weighted by Gasteiger charge is -2.24. The van der Waals surface area contributed by atoms with E-state index < -0.39 is 23.6 Å². The van der Waals surface area contributed by atoms with Gasteiger partial charge in [0.1, 0.15) is 16.7 Å². The van der Waals surface area contributed by atoms with E-state index in [4.69, 9.17) is 25.5 Å². The van der Waals surface area contributed by atoms with Crippen molar-refractivity contribution in [2.45, 2.75) is 52.7 Å². The Kier molecular flexibility index (Phi) is 7.72. The van der Waals surface area contributed by atoms with Gasteiger partial charge in [0, 0.05) is 0 Å². The highest BCUT2D eigenvalue weighted by Crippen LogP contribution is 2.40. The highest BCUT2D eigenvalue weighted by Gasteiger charge is 2.26. The van der Waals surface area contributed by atoms with Crippen LogP contribution in [0.4, 0.5) is 10.5 Å². The van der Waals surface area contributed by atoms with Crippen LogP contribution in [-0.2, 0) is 9.53 Å². The van der Waals surface area contributed by atoms with Gasteiger partial charge in [-0.15, -0.1) is 0 Å². The maximum Gasteiger partial charge on any atom is 0.408 e. The second-order valence-electron chi connectivity index (χ2n) is 8.19. The smallest absolute Gasteiger partial charge is 0.408 e. The van der Waals surface area contributed by atoms with Crippen LogP contribution in [0.2, 0.25) is 5.02 Å². The van der Waals surface area contributed by atoms with E-state index in [1.807, 2.05) is 13.8 Å². The standard InChI is InChI=1S/C21H28ClN3O5/c1-12(2)9-15(25-20(27)30-21(3,4)5)19(26)24-14-8-7-13(16-10-23-11-29-16)18(28-6)17(14)22/h7-8,10-12,15H,9H2,1-6H3,(H,24,26)(H,25,27). The minimum absolute atomic E-state index is 0.162. The molecule has 2 amide bonds. The number of hydrogen-bond donors (Lipinski definition) is 2. The summed E-state index contributed by atoms with van der Waals surface area (Å²) in [5.41, 5.74) is 0.279. The van der Waals surface area contributed by atoms with E-state index >= 15 is 0 Å². The van der Waals surface area contributed by atoms with E-state index in [1.54, 1.807) is 32.9 Å². The molecule has 2 rings (SSSR count). The summed E-state index contributed by atoms with van der Waals surface area (Å²) in [5, 5.41) is 5.61. The SMILES string of the molecule is COc1c(-c2cnco2)ccc(NC(=O)C(CC(C)C)NC(=O)OC(C)(C)C)c1Cl. The van der Waals surface area contributed by atoms with Gasteiger partial charge in [-0.25, -0.2) is 9.78 Å². The normalized spacial score (nSPS) is 12.4. The molecule has 1 aromatic carbocycles. The minimum Gasteiger partial charge on any atom is -0.494 e. The minimum atomic E-state index is -0.795. The van der Waals surface area contributed by atoms with Crippen LogP contribution in [0.1, 0.15) is 41.0 Å². The molecule has 1 aromatic heterocycles. The fourth-order valence-electron chi connectivity index (χ4n) is 2.77. The van der Waals surface area contributed by atoms with Gasteiger partial charge in [0.05, 0.1) is 24.6 Å². The molecule has 1 atom stereocenters. The molecule has 0 fully saturated rings. The largest absolute Gasteiger partial charge is 0.494 e. The van der Waals surface area contributed by atoms with Gasteiger partial charge in [-0.05, 0) is 45.2 Å².